The van der Waals surface area contributed by atoms with Gasteiger partial charge in [0.1, 0.15) is 5.75 Å². The van der Waals surface area contributed by atoms with E-state index in [-0.39, 0.29) is 17.8 Å². The smallest absolute Gasteiger partial charge is 0.310 e. The minimum Gasteiger partial charge on any atom is -0.478 e. The second-order valence-corrected chi connectivity index (χ2v) is 10.7. The number of anilines is 1. The zero-order chi connectivity index (χ0) is 24.1. The van der Waals surface area contributed by atoms with Gasteiger partial charge in [0.15, 0.2) is 5.60 Å². The average Bonchev–Trinajstić information content (AvgIpc) is 2.88. The van der Waals surface area contributed by atoms with Crippen LogP contribution < -0.4 is 15.0 Å². The molecule has 34 heavy (non-hydrogen) atoms. The Morgan fingerprint density at radius 3 is 2.47 bits per heavy atom. The molecule has 2 saturated heterocycles. The van der Waals surface area contributed by atoms with E-state index < -0.39 is 5.60 Å². The van der Waals surface area contributed by atoms with Crippen molar-refractivity contribution in [1.29, 1.82) is 0 Å². The van der Waals surface area contributed by atoms with E-state index in [0.29, 0.717) is 37.2 Å². The third-order valence-electron chi connectivity index (χ3n) is 7.81. The first-order chi connectivity index (χ1) is 16.4. The van der Waals surface area contributed by atoms with Crippen LogP contribution in [0.15, 0.2) is 24.3 Å². The van der Waals surface area contributed by atoms with Gasteiger partial charge < -0.3 is 24.6 Å². The van der Waals surface area contributed by atoms with E-state index >= 15 is 0 Å². The van der Waals surface area contributed by atoms with Crippen molar-refractivity contribution in [2.75, 3.05) is 51.3 Å². The van der Waals surface area contributed by atoms with Crippen molar-refractivity contribution in [2.45, 2.75) is 58.0 Å². The maximum atomic E-state index is 13.1. The number of piperazine rings is 1. The van der Waals surface area contributed by atoms with Crippen LogP contribution >= 0.6 is 0 Å². The number of esters is 1. The summed E-state index contributed by atoms with van der Waals surface area (Å²) in [4.78, 5) is 29.8. The first kappa shape index (κ1) is 24.8. The molecule has 1 aliphatic carbocycles. The molecule has 2 atom stereocenters. The van der Waals surface area contributed by atoms with Crippen molar-refractivity contribution in [3.63, 3.8) is 0 Å². The predicted octanol–water partition coefficient (Wildman–Crippen LogP) is 3.47. The first-order valence-electron chi connectivity index (χ1n) is 13.0. The van der Waals surface area contributed by atoms with Gasteiger partial charge >= 0.3 is 5.97 Å². The average molecular weight is 472 g/mol. The van der Waals surface area contributed by atoms with Gasteiger partial charge in [0.25, 0.3) is 5.91 Å². The topological polar surface area (TPSA) is 71.1 Å². The molecule has 1 aromatic rings. The molecule has 1 N–H and O–H groups in total. The largest absolute Gasteiger partial charge is 0.478 e. The highest BCUT2D eigenvalue weighted by molar-refractivity contribution is 5.85. The van der Waals surface area contributed by atoms with Crippen molar-refractivity contribution < 1.29 is 19.1 Å². The van der Waals surface area contributed by atoms with Gasteiger partial charge in [0.05, 0.1) is 13.0 Å². The molecule has 3 fully saturated rings. The highest BCUT2D eigenvalue weighted by Crippen LogP contribution is 2.38. The zero-order valence-electron chi connectivity index (χ0n) is 21.1. The Morgan fingerprint density at radius 1 is 1.03 bits per heavy atom. The highest BCUT2D eigenvalue weighted by Gasteiger charge is 2.37. The van der Waals surface area contributed by atoms with Gasteiger partial charge in [-0.15, -0.1) is 0 Å². The summed E-state index contributed by atoms with van der Waals surface area (Å²) in [5.74, 6) is 1.65. The van der Waals surface area contributed by atoms with E-state index in [1.807, 2.05) is 36.9 Å². The molecule has 0 aromatic heterocycles. The third kappa shape index (κ3) is 5.85. The number of ether oxygens (including phenoxy) is 2. The fourth-order valence-electron chi connectivity index (χ4n) is 5.96. The Kier molecular flexibility index (Phi) is 8.02. The normalized spacial score (nSPS) is 24.6. The maximum absolute atomic E-state index is 13.1. The summed E-state index contributed by atoms with van der Waals surface area (Å²) in [6.07, 6.45) is 7.36. The molecule has 1 saturated carbocycles. The molecule has 1 aromatic carbocycles. The number of hydrogen-bond donors (Lipinski definition) is 1. The van der Waals surface area contributed by atoms with Gasteiger partial charge in [0, 0.05) is 51.0 Å². The summed E-state index contributed by atoms with van der Waals surface area (Å²) in [6.45, 7) is 8.33. The summed E-state index contributed by atoms with van der Waals surface area (Å²) >= 11 is 0. The number of rotatable bonds is 6. The number of nitrogens with zero attached hydrogens (tertiary/aromatic N) is 2. The number of amides is 1. The fraction of sp³-hybridized carbons (Fsp3) is 0.704. The molecule has 4 rings (SSSR count). The van der Waals surface area contributed by atoms with Crippen LogP contribution in [-0.2, 0) is 14.3 Å². The molecule has 2 heterocycles. The van der Waals surface area contributed by atoms with E-state index in [9.17, 15) is 9.59 Å². The zero-order valence-corrected chi connectivity index (χ0v) is 21.1. The van der Waals surface area contributed by atoms with Crippen LogP contribution in [-0.4, -0.2) is 68.8 Å². The van der Waals surface area contributed by atoms with Gasteiger partial charge in [0.2, 0.25) is 0 Å². The van der Waals surface area contributed by atoms with E-state index in [1.54, 1.807) is 0 Å². The van der Waals surface area contributed by atoms with Crippen LogP contribution in [0.2, 0.25) is 0 Å². The van der Waals surface area contributed by atoms with Gasteiger partial charge in [-0.3, -0.25) is 9.59 Å². The van der Waals surface area contributed by atoms with Crippen molar-refractivity contribution in [1.82, 2.24) is 10.2 Å². The van der Waals surface area contributed by atoms with E-state index in [4.69, 9.17) is 9.47 Å². The second kappa shape index (κ2) is 11.0. The van der Waals surface area contributed by atoms with Gasteiger partial charge in [-0.2, -0.15) is 0 Å². The molecule has 0 spiro atoms. The molecular weight excluding hydrogens is 430 g/mol. The van der Waals surface area contributed by atoms with Crippen molar-refractivity contribution in [3.8, 4) is 5.75 Å². The lowest BCUT2D eigenvalue weighted by Crippen LogP contribution is -2.54. The Morgan fingerprint density at radius 2 is 1.76 bits per heavy atom. The molecule has 188 valence electrons. The van der Waals surface area contributed by atoms with Crippen LogP contribution in [0.3, 0.4) is 0 Å². The summed E-state index contributed by atoms with van der Waals surface area (Å²) in [6, 6.07) is 7.99. The quantitative estimate of drug-likeness (QED) is 0.641. The summed E-state index contributed by atoms with van der Waals surface area (Å²) in [5.41, 5.74) is 0.0918. The molecule has 3 aliphatic rings. The molecule has 2 aliphatic heterocycles. The van der Waals surface area contributed by atoms with Gasteiger partial charge in [-0.1, -0.05) is 38.2 Å². The van der Waals surface area contributed by atoms with Gasteiger partial charge in [-0.05, 0) is 44.2 Å². The monoisotopic (exact) mass is 471 g/mol. The first-order valence-corrected chi connectivity index (χ1v) is 13.0. The number of benzene rings is 1. The Labute approximate surface area is 204 Å². The number of piperidine rings is 1. The van der Waals surface area contributed by atoms with Crippen LogP contribution in [0, 0.1) is 17.8 Å². The fourth-order valence-corrected chi connectivity index (χ4v) is 5.96. The van der Waals surface area contributed by atoms with Crippen molar-refractivity contribution in [2.24, 2.45) is 17.8 Å². The van der Waals surface area contributed by atoms with Crippen LogP contribution in [0.1, 0.15) is 52.4 Å². The lowest BCUT2D eigenvalue weighted by Gasteiger charge is -2.42. The maximum Gasteiger partial charge on any atom is 0.310 e. The van der Waals surface area contributed by atoms with Gasteiger partial charge in [-0.25, -0.2) is 0 Å². The SMILES string of the molecule is COC(=O)C1CC(C2CCCCC2)CN(c2cccc(OC(C)(C)C(=O)N3CCNCC3)c2)C1. The number of carbonyl (C=O) groups excluding carboxylic acids is 2. The molecular formula is C27H41N3O4. The van der Waals surface area contributed by atoms with E-state index in [2.05, 4.69) is 16.3 Å². The number of hydrogen-bond acceptors (Lipinski definition) is 6. The lowest BCUT2D eigenvalue weighted by molar-refractivity contribution is -0.147. The summed E-state index contributed by atoms with van der Waals surface area (Å²) in [7, 11) is 1.49. The van der Waals surface area contributed by atoms with E-state index in [1.165, 1.54) is 39.2 Å². The Bertz CT molecular complexity index is 846. The second-order valence-electron chi connectivity index (χ2n) is 10.7. The Balaban J connectivity index is 1.49. The lowest BCUT2D eigenvalue weighted by atomic mass is 9.74. The van der Waals surface area contributed by atoms with Crippen LogP contribution in [0.25, 0.3) is 0 Å². The third-order valence-corrected chi connectivity index (χ3v) is 7.81. The number of methoxy groups -OCH3 is 1. The summed E-state index contributed by atoms with van der Waals surface area (Å²) < 4.78 is 11.4. The van der Waals surface area contributed by atoms with E-state index in [0.717, 1.165) is 31.7 Å². The van der Waals surface area contributed by atoms with Crippen molar-refractivity contribution in [3.05, 3.63) is 24.3 Å². The van der Waals surface area contributed by atoms with Crippen molar-refractivity contribution >= 4 is 17.6 Å². The standard InChI is InChI=1S/C27H41N3O4/c1-27(2,26(32)29-14-12-28-13-15-29)34-24-11-7-10-23(17-24)30-18-21(20-8-5-4-6-9-20)16-22(19-30)25(31)33-3/h7,10-11,17,20-22,28H,4-6,8-9,12-16,18-19H2,1-3H3. The molecule has 0 radical (unpaired) electrons. The number of carbonyl (C=O) groups is 2. The van der Waals surface area contributed by atoms with Crippen LogP contribution in [0.5, 0.6) is 5.75 Å². The summed E-state index contributed by atoms with van der Waals surface area (Å²) in [5, 5.41) is 3.28. The molecule has 7 heteroatoms. The van der Waals surface area contributed by atoms with Crippen LogP contribution in [0.4, 0.5) is 5.69 Å². The molecule has 0 bridgehead atoms. The molecule has 2 unspecified atom stereocenters. The highest BCUT2D eigenvalue weighted by atomic mass is 16.5. The Hall–Kier alpha value is -2.28. The molecule has 1 amide bonds. The minimum absolute atomic E-state index is 0.0143. The predicted molar refractivity (Wildman–Crippen MR) is 133 cm³/mol. The molecule has 7 nitrogen and oxygen atoms in total. The number of nitrogens with one attached hydrogen (secondary N) is 1. The minimum atomic E-state index is -0.947.